The third-order valence-electron chi connectivity index (χ3n) is 4.20. The van der Waals surface area contributed by atoms with Crippen LogP contribution >= 0.6 is 0 Å². The molecule has 0 N–H and O–H groups in total. The summed E-state index contributed by atoms with van der Waals surface area (Å²) >= 11 is 0. The van der Waals surface area contributed by atoms with Crippen LogP contribution in [-0.2, 0) is 4.74 Å². The molecule has 3 rings (SSSR count). The molecule has 0 fully saturated rings. The number of nitriles is 1. The molecule has 0 aliphatic heterocycles. The SMILES string of the molecule is COC(=O)c1ccccc1-c1ccc(/C=C(/C#N)C(=O)c2cccc([N+](=O)[O-])c2)o1. The summed E-state index contributed by atoms with van der Waals surface area (Å²) in [5, 5.41) is 20.3. The lowest BCUT2D eigenvalue weighted by Gasteiger charge is -2.04. The largest absolute Gasteiger partial charge is 0.465 e. The summed E-state index contributed by atoms with van der Waals surface area (Å²) < 4.78 is 10.5. The van der Waals surface area contributed by atoms with Crippen molar-refractivity contribution in [1.29, 1.82) is 5.26 Å². The van der Waals surface area contributed by atoms with Gasteiger partial charge in [-0.3, -0.25) is 14.9 Å². The summed E-state index contributed by atoms with van der Waals surface area (Å²) in [7, 11) is 1.27. The number of esters is 1. The third-order valence-corrected chi connectivity index (χ3v) is 4.20. The molecule has 0 aliphatic carbocycles. The number of hydrogen-bond acceptors (Lipinski definition) is 7. The van der Waals surface area contributed by atoms with Gasteiger partial charge in [0.05, 0.1) is 17.6 Å². The average Bonchev–Trinajstić information content (AvgIpc) is 3.25. The number of carbonyl (C=O) groups is 2. The summed E-state index contributed by atoms with van der Waals surface area (Å²) in [6, 6.07) is 16.7. The van der Waals surface area contributed by atoms with Gasteiger partial charge in [0.1, 0.15) is 23.2 Å². The van der Waals surface area contributed by atoms with Crippen molar-refractivity contribution in [1.82, 2.24) is 0 Å². The van der Waals surface area contributed by atoms with Gasteiger partial charge >= 0.3 is 5.97 Å². The molecule has 0 aliphatic rings. The maximum Gasteiger partial charge on any atom is 0.338 e. The Balaban J connectivity index is 1.94. The standard InChI is InChI=1S/C22H14N2O6/c1-29-22(26)19-8-3-2-7-18(19)20-10-9-17(30-20)12-15(13-23)21(25)14-5-4-6-16(11-14)24(27)28/h2-12H,1H3/b15-12-. The van der Waals surface area contributed by atoms with Crippen LogP contribution in [0.15, 0.2) is 70.7 Å². The van der Waals surface area contributed by atoms with Gasteiger partial charge in [-0.05, 0) is 18.2 Å². The van der Waals surface area contributed by atoms with Crippen LogP contribution in [0.5, 0.6) is 0 Å². The van der Waals surface area contributed by atoms with Gasteiger partial charge in [0, 0.05) is 29.3 Å². The molecule has 0 unspecified atom stereocenters. The van der Waals surface area contributed by atoms with Gasteiger partial charge in [-0.25, -0.2) is 4.79 Å². The molecule has 30 heavy (non-hydrogen) atoms. The molecule has 3 aromatic rings. The molecule has 0 atom stereocenters. The van der Waals surface area contributed by atoms with E-state index in [9.17, 15) is 25.0 Å². The normalized spacial score (nSPS) is 10.9. The lowest BCUT2D eigenvalue weighted by molar-refractivity contribution is -0.384. The number of nitro groups is 1. The van der Waals surface area contributed by atoms with Crippen molar-refractivity contribution in [3.05, 3.63) is 93.2 Å². The van der Waals surface area contributed by atoms with Gasteiger partial charge in [-0.1, -0.05) is 30.3 Å². The van der Waals surface area contributed by atoms with E-state index in [0.717, 1.165) is 6.07 Å². The molecule has 148 valence electrons. The van der Waals surface area contributed by atoms with E-state index in [-0.39, 0.29) is 22.6 Å². The van der Waals surface area contributed by atoms with Crippen molar-refractivity contribution >= 4 is 23.5 Å². The molecule has 0 radical (unpaired) electrons. The quantitative estimate of drug-likeness (QED) is 0.149. The van der Waals surface area contributed by atoms with Gasteiger partial charge in [0.2, 0.25) is 5.78 Å². The van der Waals surface area contributed by atoms with Gasteiger partial charge in [-0.2, -0.15) is 5.26 Å². The number of methoxy groups -OCH3 is 1. The number of non-ortho nitro benzene ring substituents is 1. The first-order valence-corrected chi connectivity index (χ1v) is 8.63. The predicted octanol–water partition coefficient (Wildman–Crippen LogP) is 4.43. The molecule has 8 heteroatoms. The number of hydrogen-bond donors (Lipinski definition) is 0. The van der Waals surface area contributed by atoms with Crippen LogP contribution in [0.1, 0.15) is 26.5 Å². The summed E-state index contributed by atoms with van der Waals surface area (Å²) in [4.78, 5) is 34.8. The van der Waals surface area contributed by atoms with E-state index in [4.69, 9.17) is 9.15 Å². The van der Waals surface area contributed by atoms with Crippen molar-refractivity contribution in [3.8, 4) is 17.4 Å². The van der Waals surface area contributed by atoms with Crippen LogP contribution in [0.3, 0.4) is 0 Å². The summed E-state index contributed by atoms with van der Waals surface area (Å²) in [6.45, 7) is 0. The van der Waals surface area contributed by atoms with E-state index in [1.165, 1.54) is 31.4 Å². The fraction of sp³-hybridized carbons (Fsp3) is 0.0455. The minimum atomic E-state index is -0.672. The fourth-order valence-corrected chi connectivity index (χ4v) is 2.77. The van der Waals surface area contributed by atoms with Crippen LogP contribution in [0, 0.1) is 21.4 Å². The Kier molecular flexibility index (Phi) is 5.84. The summed E-state index contributed by atoms with van der Waals surface area (Å²) in [6.07, 6.45) is 1.24. The topological polar surface area (TPSA) is 123 Å². The second-order valence-corrected chi connectivity index (χ2v) is 6.05. The highest BCUT2D eigenvalue weighted by Gasteiger charge is 2.18. The number of ketones is 1. The lowest BCUT2D eigenvalue weighted by atomic mass is 10.0. The van der Waals surface area contributed by atoms with E-state index in [1.54, 1.807) is 42.5 Å². The number of ether oxygens (including phenoxy) is 1. The van der Waals surface area contributed by atoms with E-state index in [1.807, 2.05) is 0 Å². The van der Waals surface area contributed by atoms with Crippen molar-refractivity contribution in [2.24, 2.45) is 0 Å². The molecule has 1 heterocycles. The zero-order valence-corrected chi connectivity index (χ0v) is 15.7. The zero-order chi connectivity index (χ0) is 21.7. The Morgan fingerprint density at radius 2 is 1.90 bits per heavy atom. The van der Waals surface area contributed by atoms with Crippen LogP contribution < -0.4 is 0 Å². The fourth-order valence-electron chi connectivity index (χ4n) is 2.77. The van der Waals surface area contributed by atoms with Gasteiger partial charge in [0.15, 0.2) is 0 Å². The lowest BCUT2D eigenvalue weighted by Crippen LogP contribution is -2.03. The molecule has 1 aromatic heterocycles. The molecule has 0 bridgehead atoms. The first-order chi connectivity index (χ1) is 14.4. The van der Waals surface area contributed by atoms with Crippen LogP contribution in [0.4, 0.5) is 5.69 Å². The van der Waals surface area contributed by atoms with Gasteiger partial charge in [-0.15, -0.1) is 0 Å². The first kappa shape index (κ1) is 20.2. The van der Waals surface area contributed by atoms with Crippen molar-refractivity contribution in [2.45, 2.75) is 0 Å². The van der Waals surface area contributed by atoms with E-state index in [0.29, 0.717) is 16.9 Å². The summed E-state index contributed by atoms with van der Waals surface area (Å²) in [5.74, 6) is -0.644. The highest BCUT2D eigenvalue weighted by molar-refractivity contribution is 6.14. The molecule has 0 saturated carbocycles. The molecule has 0 amide bonds. The van der Waals surface area contributed by atoms with E-state index < -0.39 is 16.7 Å². The number of nitrogens with zero attached hydrogens (tertiary/aromatic N) is 2. The zero-order valence-electron chi connectivity index (χ0n) is 15.7. The molecule has 8 nitrogen and oxygen atoms in total. The second-order valence-electron chi connectivity index (χ2n) is 6.05. The number of Topliss-reactive ketones (excluding diaryl/α,β-unsaturated/α-hetero) is 1. The van der Waals surface area contributed by atoms with Crippen LogP contribution in [-0.4, -0.2) is 23.8 Å². The maximum atomic E-state index is 12.6. The highest BCUT2D eigenvalue weighted by atomic mass is 16.6. The monoisotopic (exact) mass is 402 g/mol. The number of furan rings is 1. The van der Waals surface area contributed by atoms with E-state index in [2.05, 4.69) is 0 Å². The number of nitro benzene ring substituents is 1. The van der Waals surface area contributed by atoms with Crippen molar-refractivity contribution in [2.75, 3.05) is 7.11 Å². The number of benzene rings is 2. The molecular weight excluding hydrogens is 388 g/mol. The van der Waals surface area contributed by atoms with Gasteiger partial charge < -0.3 is 9.15 Å². The highest BCUT2D eigenvalue weighted by Crippen LogP contribution is 2.27. The Bertz CT molecular complexity index is 1220. The van der Waals surface area contributed by atoms with Crippen molar-refractivity contribution in [3.63, 3.8) is 0 Å². The van der Waals surface area contributed by atoms with E-state index >= 15 is 0 Å². The summed E-state index contributed by atoms with van der Waals surface area (Å²) in [5.41, 5.74) is 0.306. The average molecular weight is 402 g/mol. The Labute approximate surface area is 170 Å². The minimum absolute atomic E-state index is 0.0137. The second kappa shape index (κ2) is 8.67. The third kappa shape index (κ3) is 4.15. The van der Waals surface area contributed by atoms with Crippen LogP contribution in [0.25, 0.3) is 17.4 Å². The molecule has 0 saturated heterocycles. The van der Waals surface area contributed by atoms with Gasteiger partial charge in [0.25, 0.3) is 5.69 Å². The molecule has 2 aromatic carbocycles. The predicted molar refractivity (Wildman–Crippen MR) is 107 cm³/mol. The number of carbonyl (C=O) groups excluding carboxylic acids is 2. The Hall–Kier alpha value is -4.51. The first-order valence-electron chi connectivity index (χ1n) is 8.63. The molecular formula is C22H14N2O6. The minimum Gasteiger partial charge on any atom is -0.465 e. The number of allylic oxidation sites excluding steroid dienone is 1. The van der Waals surface area contributed by atoms with Crippen LogP contribution in [0.2, 0.25) is 0 Å². The smallest absolute Gasteiger partial charge is 0.338 e. The Morgan fingerprint density at radius 3 is 2.60 bits per heavy atom. The Morgan fingerprint density at radius 1 is 1.13 bits per heavy atom. The number of rotatable bonds is 6. The maximum absolute atomic E-state index is 12.6. The molecule has 0 spiro atoms. The van der Waals surface area contributed by atoms with Crippen molar-refractivity contribution < 1.29 is 23.7 Å².